The number of nitrogens with zero attached hydrogens (tertiary/aromatic N) is 4. The molecule has 2 saturated heterocycles. The molecule has 1 unspecified atom stereocenters. The van der Waals surface area contributed by atoms with E-state index in [9.17, 15) is 10.1 Å². The highest BCUT2D eigenvalue weighted by Gasteiger charge is 2.32. The van der Waals surface area contributed by atoms with E-state index in [2.05, 4.69) is 26.7 Å². The van der Waals surface area contributed by atoms with Gasteiger partial charge in [0.1, 0.15) is 11.8 Å². The number of carbonyl (C=O) groups is 1. The number of anilines is 1. The number of hydrogen-bond donors (Lipinski definition) is 2. The standard InChI is InChI=1S/C20H26N6O2/c1-14-12-25(17-5-4-16(11-21)26-18(17)7-10-23-26)13-19(28-14)20(27)24-15-3-2-8-22-9-6-15/h4-5,7,10,14-15,19,22H,2-3,6,8-9,12-13H2,1H3,(H,24,27)/t14-,15?,19-/m1/s1. The molecule has 2 fully saturated rings. The molecule has 1 amide bonds. The van der Waals surface area contributed by atoms with Crippen molar-refractivity contribution in [3.05, 3.63) is 30.1 Å². The normalized spacial score (nSPS) is 25.9. The second-order valence-electron chi connectivity index (χ2n) is 7.57. The van der Waals surface area contributed by atoms with Crippen LogP contribution < -0.4 is 15.5 Å². The Kier molecular flexibility index (Phi) is 5.46. The molecule has 2 aromatic rings. The predicted molar refractivity (Wildman–Crippen MR) is 105 cm³/mol. The first-order chi connectivity index (χ1) is 13.7. The van der Waals surface area contributed by atoms with Crippen LogP contribution in [-0.2, 0) is 9.53 Å². The summed E-state index contributed by atoms with van der Waals surface area (Å²) in [6.45, 7) is 5.09. The summed E-state index contributed by atoms with van der Waals surface area (Å²) in [4.78, 5) is 15.0. The Hall–Kier alpha value is -2.63. The van der Waals surface area contributed by atoms with Crippen LogP contribution in [0.1, 0.15) is 31.9 Å². The molecule has 3 atom stereocenters. The molecule has 4 rings (SSSR count). The van der Waals surface area contributed by atoms with Gasteiger partial charge in [0.05, 0.1) is 30.0 Å². The van der Waals surface area contributed by atoms with Crippen molar-refractivity contribution in [3.63, 3.8) is 0 Å². The van der Waals surface area contributed by atoms with Crippen molar-refractivity contribution in [2.24, 2.45) is 0 Å². The van der Waals surface area contributed by atoms with Crippen molar-refractivity contribution in [2.45, 2.75) is 44.4 Å². The second kappa shape index (κ2) is 8.17. The molecule has 148 valence electrons. The first-order valence-corrected chi connectivity index (χ1v) is 9.94. The Morgan fingerprint density at radius 1 is 1.32 bits per heavy atom. The number of ether oxygens (including phenoxy) is 1. The Morgan fingerprint density at radius 2 is 2.21 bits per heavy atom. The molecule has 28 heavy (non-hydrogen) atoms. The van der Waals surface area contributed by atoms with E-state index in [0.717, 1.165) is 43.6 Å². The highest BCUT2D eigenvalue weighted by Crippen LogP contribution is 2.26. The van der Waals surface area contributed by atoms with Gasteiger partial charge in [-0.2, -0.15) is 10.4 Å². The summed E-state index contributed by atoms with van der Waals surface area (Å²) in [5.74, 6) is -0.0402. The molecule has 0 aliphatic carbocycles. The molecule has 0 spiro atoms. The molecule has 0 saturated carbocycles. The number of pyridine rings is 1. The third kappa shape index (κ3) is 3.81. The van der Waals surface area contributed by atoms with Crippen LogP contribution in [0.5, 0.6) is 0 Å². The van der Waals surface area contributed by atoms with Crippen LogP contribution in [0.3, 0.4) is 0 Å². The average Bonchev–Trinajstić information content (AvgIpc) is 3.05. The number of aromatic nitrogens is 2. The van der Waals surface area contributed by atoms with E-state index < -0.39 is 6.10 Å². The van der Waals surface area contributed by atoms with Crippen LogP contribution in [-0.4, -0.2) is 60.0 Å². The number of fused-ring (bicyclic) bond motifs is 1. The first kappa shape index (κ1) is 18.7. The Balaban J connectivity index is 1.51. The molecular weight excluding hydrogens is 356 g/mol. The van der Waals surface area contributed by atoms with Crippen molar-refractivity contribution in [3.8, 4) is 6.07 Å². The summed E-state index contributed by atoms with van der Waals surface area (Å²) in [6, 6.07) is 7.95. The molecule has 2 N–H and O–H groups in total. The number of nitrogens with one attached hydrogen (secondary N) is 2. The number of morpholine rings is 1. The van der Waals surface area contributed by atoms with Gasteiger partial charge in [0.2, 0.25) is 0 Å². The zero-order valence-electron chi connectivity index (χ0n) is 16.1. The number of nitriles is 1. The van der Waals surface area contributed by atoms with E-state index in [0.29, 0.717) is 18.8 Å². The van der Waals surface area contributed by atoms with Crippen LogP contribution in [0.2, 0.25) is 0 Å². The summed E-state index contributed by atoms with van der Waals surface area (Å²) < 4.78 is 7.61. The second-order valence-corrected chi connectivity index (χ2v) is 7.57. The molecule has 0 aromatic carbocycles. The smallest absolute Gasteiger partial charge is 0.251 e. The van der Waals surface area contributed by atoms with Gasteiger partial charge in [-0.25, -0.2) is 4.52 Å². The van der Waals surface area contributed by atoms with Gasteiger partial charge in [0, 0.05) is 12.6 Å². The third-order valence-corrected chi connectivity index (χ3v) is 5.46. The van der Waals surface area contributed by atoms with Gasteiger partial charge in [-0.15, -0.1) is 0 Å². The molecular formula is C20H26N6O2. The Morgan fingerprint density at radius 3 is 3.07 bits per heavy atom. The van der Waals surface area contributed by atoms with Crippen LogP contribution >= 0.6 is 0 Å². The van der Waals surface area contributed by atoms with E-state index in [4.69, 9.17) is 4.74 Å². The van der Waals surface area contributed by atoms with Gasteiger partial charge in [-0.3, -0.25) is 4.79 Å². The lowest BCUT2D eigenvalue weighted by molar-refractivity contribution is -0.138. The molecule has 2 aliphatic heterocycles. The fourth-order valence-electron chi connectivity index (χ4n) is 4.11. The maximum atomic E-state index is 12.9. The van der Waals surface area contributed by atoms with Gasteiger partial charge in [-0.1, -0.05) is 0 Å². The van der Waals surface area contributed by atoms with Crippen molar-refractivity contribution >= 4 is 17.1 Å². The molecule has 4 heterocycles. The summed E-state index contributed by atoms with van der Waals surface area (Å²) in [7, 11) is 0. The summed E-state index contributed by atoms with van der Waals surface area (Å²) in [6.07, 6.45) is 4.12. The molecule has 8 nitrogen and oxygen atoms in total. The van der Waals surface area contributed by atoms with Crippen molar-refractivity contribution in [2.75, 3.05) is 31.1 Å². The van der Waals surface area contributed by atoms with Gasteiger partial charge in [0.15, 0.2) is 6.10 Å². The van der Waals surface area contributed by atoms with Gasteiger partial charge in [0.25, 0.3) is 5.91 Å². The minimum atomic E-state index is -0.515. The van der Waals surface area contributed by atoms with Gasteiger partial charge in [-0.05, 0) is 57.5 Å². The summed E-state index contributed by atoms with van der Waals surface area (Å²) in [5, 5.41) is 20.1. The number of carbonyl (C=O) groups excluding carboxylic acids is 1. The number of amides is 1. The molecule has 8 heteroatoms. The van der Waals surface area contributed by atoms with E-state index in [-0.39, 0.29) is 18.1 Å². The Labute approximate surface area is 164 Å². The van der Waals surface area contributed by atoms with E-state index in [1.54, 1.807) is 16.8 Å². The SMILES string of the molecule is C[C@@H]1CN(c2ccc(C#N)n3nccc23)C[C@H](C(=O)NC2CCCNCC2)O1. The minimum absolute atomic E-state index is 0.0402. The number of rotatable bonds is 3. The maximum absolute atomic E-state index is 12.9. The van der Waals surface area contributed by atoms with Gasteiger partial charge >= 0.3 is 0 Å². The molecule has 0 bridgehead atoms. The van der Waals surface area contributed by atoms with E-state index >= 15 is 0 Å². The van der Waals surface area contributed by atoms with Crippen molar-refractivity contribution in [1.82, 2.24) is 20.2 Å². The molecule has 0 radical (unpaired) electrons. The summed E-state index contributed by atoms with van der Waals surface area (Å²) in [5.41, 5.74) is 2.31. The predicted octanol–water partition coefficient (Wildman–Crippen LogP) is 1.06. The van der Waals surface area contributed by atoms with Crippen molar-refractivity contribution in [1.29, 1.82) is 5.26 Å². The largest absolute Gasteiger partial charge is 0.364 e. The Bertz CT molecular complexity index is 880. The van der Waals surface area contributed by atoms with Gasteiger partial charge < -0.3 is 20.3 Å². The highest BCUT2D eigenvalue weighted by atomic mass is 16.5. The van der Waals surface area contributed by atoms with Crippen LogP contribution in [0, 0.1) is 11.3 Å². The lowest BCUT2D eigenvalue weighted by Crippen LogP contribution is -2.54. The fourth-order valence-corrected chi connectivity index (χ4v) is 4.11. The third-order valence-electron chi connectivity index (χ3n) is 5.46. The van der Waals surface area contributed by atoms with Crippen molar-refractivity contribution < 1.29 is 9.53 Å². The summed E-state index contributed by atoms with van der Waals surface area (Å²) >= 11 is 0. The zero-order chi connectivity index (χ0) is 19.5. The zero-order valence-corrected chi connectivity index (χ0v) is 16.1. The quantitative estimate of drug-likeness (QED) is 0.824. The fraction of sp³-hybridized carbons (Fsp3) is 0.550. The lowest BCUT2D eigenvalue weighted by Gasteiger charge is -2.38. The van der Waals surface area contributed by atoms with Crippen LogP contribution in [0.4, 0.5) is 5.69 Å². The monoisotopic (exact) mass is 382 g/mol. The highest BCUT2D eigenvalue weighted by molar-refractivity contribution is 5.83. The van der Waals surface area contributed by atoms with E-state index in [1.165, 1.54) is 0 Å². The number of hydrogen-bond acceptors (Lipinski definition) is 6. The lowest BCUT2D eigenvalue weighted by atomic mass is 10.1. The van der Waals surface area contributed by atoms with Crippen LogP contribution in [0.15, 0.2) is 24.4 Å². The average molecular weight is 382 g/mol. The molecule has 2 aromatic heterocycles. The first-order valence-electron chi connectivity index (χ1n) is 9.94. The van der Waals surface area contributed by atoms with E-state index in [1.807, 2.05) is 19.1 Å². The maximum Gasteiger partial charge on any atom is 0.251 e. The molecule has 2 aliphatic rings. The minimum Gasteiger partial charge on any atom is -0.364 e. The topological polar surface area (TPSA) is 94.7 Å². The van der Waals surface area contributed by atoms with Crippen LogP contribution in [0.25, 0.3) is 5.52 Å².